The fraction of sp³-hybridized carbons (Fsp3) is 1.00. The molecule has 0 aromatic heterocycles. The van der Waals surface area contributed by atoms with Gasteiger partial charge in [-0.15, -0.1) is 0 Å². The highest BCUT2D eigenvalue weighted by Gasteiger charge is 2.43. The number of nitrogens with zero attached hydrogens (tertiary/aromatic N) is 1. The molecule has 0 aromatic carbocycles. The maximum Gasteiger partial charge on any atom is 0.490 e. The Morgan fingerprint density at radius 3 is 2.05 bits per heavy atom. The van der Waals surface area contributed by atoms with Gasteiger partial charge in [-0.05, 0) is 14.0 Å². The molecule has 132 valence electrons. The molecule has 1 saturated heterocycles. The van der Waals surface area contributed by atoms with Crippen LogP contribution in [0.4, 0.5) is 0 Å². The highest BCUT2D eigenvalue weighted by atomic mass is 31.3. The van der Waals surface area contributed by atoms with Crippen LogP contribution in [-0.2, 0) is 31.6 Å². The Bertz CT molecular complexity index is 533. The van der Waals surface area contributed by atoms with Crippen molar-refractivity contribution >= 4 is 23.5 Å². The Morgan fingerprint density at radius 1 is 1.09 bits per heavy atom. The van der Waals surface area contributed by atoms with Gasteiger partial charge in [0.05, 0.1) is 6.61 Å². The maximum absolute atomic E-state index is 11.4. The van der Waals surface area contributed by atoms with Crippen molar-refractivity contribution in [3.63, 3.8) is 0 Å². The van der Waals surface area contributed by atoms with Crippen LogP contribution in [0.3, 0.4) is 0 Å². The van der Waals surface area contributed by atoms with E-state index in [1.165, 1.54) is 11.9 Å². The predicted molar refractivity (Wildman–Crippen MR) is 67.9 cm³/mol. The molecule has 5 unspecified atom stereocenters. The third-order valence-corrected chi connectivity index (χ3v) is 6.32. The average Bonchev–Trinajstić information content (AvgIpc) is 2.49. The van der Waals surface area contributed by atoms with E-state index in [0.29, 0.717) is 0 Å². The summed E-state index contributed by atoms with van der Waals surface area (Å²) in [6.45, 7) is 0.896. The van der Waals surface area contributed by atoms with E-state index in [9.17, 15) is 23.7 Å². The summed E-state index contributed by atoms with van der Waals surface area (Å²) in [7, 11) is -14.7. The molecule has 1 heterocycles. The first-order valence-electron chi connectivity index (χ1n) is 5.56. The van der Waals surface area contributed by atoms with E-state index in [-0.39, 0.29) is 0 Å². The van der Waals surface area contributed by atoms with Crippen molar-refractivity contribution in [2.45, 2.75) is 25.5 Å². The highest BCUT2D eigenvalue weighted by Crippen LogP contribution is 2.66. The topological polar surface area (TPSA) is 193 Å². The minimum absolute atomic E-state index is 0.510. The Balaban J connectivity index is 2.60. The number of ether oxygens (including phenoxy) is 1. The first-order valence-corrected chi connectivity index (χ1v) is 10.1. The van der Waals surface area contributed by atoms with Gasteiger partial charge in [-0.3, -0.25) is 9.42 Å². The third-order valence-electron chi connectivity index (χ3n) is 2.51. The van der Waals surface area contributed by atoms with Gasteiger partial charge in [0.25, 0.3) is 0 Å². The molecule has 0 saturated carbocycles. The van der Waals surface area contributed by atoms with Gasteiger partial charge in [0, 0.05) is 0 Å². The molecule has 1 fully saturated rings. The molecule has 0 spiro atoms. The van der Waals surface area contributed by atoms with Gasteiger partial charge in [0.2, 0.25) is 0 Å². The summed E-state index contributed by atoms with van der Waals surface area (Å²) in [6, 6.07) is 0. The largest absolute Gasteiger partial charge is 0.490 e. The van der Waals surface area contributed by atoms with Crippen LogP contribution in [0.2, 0.25) is 0 Å². The molecule has 1 aliphatic rings. The van der Waals surface area contributed by atoms with Crippen molar-refractivity contribution in [2.24, 2.45) is 0 Å². The Morgan fingerprint density at radius 2 is 1.64 bits per heavy atom. The van der Waals surface area contributed by atoms with Crippen molar-refractivity contribution < 1.29 is 56.3 Å². The molecule has 0 radical (unpaired) electrons. The Kier molecular flexibility index (Phi) is 6.51. The maximum atomic E-state index is 11.4. The Hall–Kier alpha value is 0.290. The second kappa shape index (κ2) is 7.04. The lowest BCUT2D eigenvalue weighted by Gasteiger charge is -2.19. The molecular weight excluding hydrogens is 371 g/mol. The van der Waals surface area contributed by atoms with Crippen LogP contribution in [0.15, 0.2) is 0 Å². The predicted octanol–water partition coefficient (Wildman–Crippen LogP) is -0.675. The lowest BCUT2D eigenvalue weighted by Crippen LogP contribution is -2.35. The van der Waals surface area contributed by atoms with Crippen LogP contribution in [0, 0.1) is 0 Å². The standard InChI is InChI=1S/C6H16NO12P3/c1-4-7(2)6(8)5(17-4)3-16-21(12,13)19-22(14,15)18-20(9,10)11/h4-6,8H,3H2,1-2H3,(H,12,13)(H,14,15)(H2,9,10,11). The van der Waals surface area contributed by atoms with Crippen LogP contribution in [-0.4, -0.2) is 61.8 Å². The summed E-state index contributed by atoms with van der Waals surface area (Å²) in [6.07, 6.45) is -2.73. The van der Waals surface area contributed by atoms with Gasteiger partial charge in [-0.25, -0.2) is 13.7 Å². The van der Waals surface area contributed by atoms with E-state index in [4.69, 9.17) is 19.4 Å². The summed E-state index contributed by atoms with van der Waals surface area (Å²) in [4.78, 5) is 36.2. The summed E-state index contributed by atoms with van der Waals surface area (Å²) in [5.74, 6) is 0. The van der Waals surface area contributed by atoms with Crippen LogP contribution in [0.5, 0.6) is 0 Å². The van der Waals surface area contributed by atoms with Crippen LogP contribution >= 0.6 is 23.5 Å². The number of phosphoric ester groups is 1. The molecule has 16 heteroatoms. The van der Waals surface area contributed by atoms with E-state index in [1.54, 1.807) is 6.92 Å². The van der Waals surface area contributed by atoms with Gasteiger partial charge in [0.15, 0.2) is 0 Å². The molecule has 0 aliphatic carbocycles. The third kappa shape index (κ3) is 6.42. The number of likely N-dealkylation sites (N-methyl/N-ethyl adjacent to an activating group) is 1. The average molecular weight is 387 g/mol. The molecule has 0 bridgehead atoms. The zero-order valence-electron chi connectivity index (χ0n) is 11.3. The molecule has 0 amide bonds. The van der Waals surface area contributed by atoms with Crippen molar-refractivity contribution in [1.82, 2.24) is 4.90 Å². The number of rotatable bonds is 7. The van der Waals surface area contributed by atoms with Crippen LogP contribution in [0.1, 0.15) is 6.92 Å². The van der Waals surface area contributed by atoms with Crippen molar-refractivity contribution in [2.75, 3.05) is 13.7 Å². The smallest absolute Gasteiger partial charge is 0.375 e. The van der Waals surface area contributed by atoms with Crippen molar-refractivity contribution in [1.29, 1.82) is 0 Å². The second-order valence-corrected chi connectivity index (χ2v) is 8.66. The van der Waals surface area contributed by atoms with E-state index >= 15 is 0 Å². The van der Waals surface area contributed by atoms with E-state index < -0.39 is 48.6 Å². The number of hydrogen-bond acceptors (Lipinski definition) is 9. The molecule has 0 aromatic rings. The van der Waals surface area contributed by atoms with Gasteiger partial charge in [-0.2, -0.15) is 8.62 Å². The van der Waals surface area contributed by atoms with Crippen LogP contribution < -0.4 is 0 Å². The summed E-state index contributed by atoms with van der Waals surface area (Å²) < 4.78 is 49.5. The minimum atomic E-state index is -5.55. The van der Waals surface area contributed by atoms with Crippen molar-refractivity contribution in [3.8, 4) is 0 Å². The summed E-state index contributed by atoms with van der Waals surface area (Å²) >= 11 is 0. The van der Waals surface area contributed by atoms with Gasteiger partial charge in [-0.1, -0.05) is 0 Å². The molecule has 5 atom stereocenters. The molecule has 22 heavy (non-hydrogen) atoms. The lowest BCUT2D eigenvalue weighted by atomic mass is 10.3. The van der Waals surface area contributed by atoms with Crippen LogP contribution in [0.25, 0.3) is 0 Å². The number of hydrogen-bond donors (Lipinski definition) is 5. The molecule has 13 nitrogen and oxygen atoms in total. The Labute approximate surface area is 124 Å². The lowest BCUT2D eigenvalue weighted by molar-refractivity contribution is -0.0169. The molecule has 1 rings (SSSR count). The highest BCUT2D eigenvalue weighted by molar-refractivity contribution is 7.66. The van der Waals surface area contributed by atoms with E-state index in [2.05, 4.69) is 13.1 Å². The van der Waals surface area contributed by atoms with Gasteiger partial charge >= 0.3 is 23.5 Å². The SMILES string of the molecule is CC1OC(COP(=O)(O)OP(=O)(O)OP(=O)(O)O)C(O)N1C. The molecule has 5 N–H and O–H groups in total. The fourth-order valence-corrected chi connectivity index (χ4v) is 4.52. The van der Waals surface area contributed by atoms with Gasteiger partial charge < -0.3 is 29.4 Å². The van der Waals surface area contributed by atoms with Gasteiger partial charge in [0.1, 0.15) is 18.6 Å². The fourth-order valence-electron chi connectivity index (χ4n) is 1.49. The van der Waals surface area contributed by atoms with E-state index in [1.807, 2.05) is 0 Å². The molecular formula is C6H16NO12P3. The minimum Gasteiger partial charge on any atom is -0.375 e. The normalized spacial score (nSPS) is 32.6. The molecule has 1 aliphatic heterocycles. The zero-order valence-corrected chi connectivity index (χ0v) is 14.0. The number of aliphatic hydroxyl groups excluding tert-OH is 1. The number of aliphatic hydroxyl groups is 1. The first-order chi connectivity index (χ1) is 9.72. The van der Waals surface area contributed by atoms with E-state index in [0.717, 1.165) is 0 Å². The monoisotopic (exact) mass is 387 g/mol. The van der Waals surface area contributed by atoms with Crippen molar-refractivity contribution in [3.05, 3.63) is 0 Å². The number of phosphoric acid groups is 3. The summed E-state index contributed by atoms with van der Waals surface area (Å²) in [5.41, 5.74) is 0. The second-order valence-electron chi connectivity index (χ2n) is 4.24. The zero-order chi connectivity index (χ0) is 17.3. The quantitative estimate of drug-likeness (QED) is 0.346. The first kappa shape index (κ1) is 20.3. The summed E-state index contributed by atoms with van der Waals surface area (Å²) in [5, 5.41) is 9.69.